The van der Waals surface area contributed by atoms with Crippen molar-refractivity contribution in [2.45, 2.75) is 16.2 Å². The van der Waals surface area contributed by atoms with Gasteiger partial charge in [-0.25, -0.2) is 29.9 Å². The molecule has 15 aromatic carbocycles. The molecule has 0 amide bonds. The van der Waals surface area contributed by atoms with Crippen molar-refractivity contribution in [3.8, 4) is 142 Å². The molecule has 0 fully saturated rings. The molecule has 17 aromatic rings. The Labute approximate surface area is 629 Å². The normalized spacial score (nSPS) is 16.5. The smallest absolute Gasteiger partial charge is 0.164 e. The summed E-state index contributed by atoms with van der Waals surface area (Å²) in [4.78, 5) is 30.6. The topological polar surface area (TPSA) is 120 Å². The van der Waals surface area contributed by atoms with E-state index in [0.717, 1.165) is 118 Å². The lowest BCUT2D eigenvalue weighted by molar-refractivity contribution is 0.428. The second kappa shape index (κ2) is 24.0. The van der Waals surface area contributed by atoms with Gasteiger partial charge in [0, 0.05) is 61.2 Å². The fourth-order valence-corrected chi connectivity index (χ4v) is 18.3. The Hall–Kier alpha value is -14.6. The molecule has 2 aliphatic heterocycles. The number of rotatable bonds is 9. The van der Waals surface area contributed by atoms with Crippen LogP contribution in [0.25, 0.3) is 113 Å². The van der Waals surface area contributed by atoms with Crippen molar-refractivity contribution in [3.63, 3.8) is 0 Å². The first-order valence-electron chi connectivity index (χ1n) is 36.8. The molecule has 109 heavy (non-hydrogen) atoms. The van der Waals surface area contributed by atoms with Crippen LogP contribution in [0.5, 0.6) is 23.0 Å². The summed E-state index contributed by atoms with van der Waals surface area (Å²) < 4.78 is 14.6. The lowest BCUT2D eigenvalue weighted by atomic mass is 9.49. The highest BCUT2D eigenvalue weighted by molar-refractivity contribution is 5.93. The first kappa shape index (κ1) is 61.8. The van der Waals surface area contributed by atoms with E-state index in [2.05, 4.69) is 231 Å². The largest absolute Gasteiger partial charge is 0.457 e. The Morgan fingerprint density at radius 1 is 0.211 bits per heavy atom. The van der Waals surface area contributed by atoms with E-state index in [1.165, 1.54) is 50.1 Å². The average molecular weight is 1390 g/mol. The number of para-hydroxylation sites is 3. The highest BCUT2D eigenvalue weighted by Crippen LogP contribution is 2.69. The van der Waals surface area contributed by atoms with E-state index in [1.54, 1.807) is 0 Å². The lowest BCUT2D eigenvalue weighted by Crippen LogP contribution is -2.47. The predicted molar refractivity (Wildman–Crippen MR) is 428 cm³/mol. The summed E-state index contributed by atoms with van der Waals surface area (Å²) in [5, 5.41) is 9.74. The summed E-state index contributed by atoms with van der Waals surface area (Å²) >= 11 is 0. The fraction of sp³-hybridized carbons (Fsp3) is 0.0300. The quantitative estimate of drug-likeness (QED) is 0.139. The zero-order valence-corrected chi connectivity index (χ0v) is 58.5. The highest BCUT2D eigenvalue weighted by atomic mass is 16.5. The monoisotopic (exact) mass is 1390 g/mol. The van der Waals surface area contributed by atoms with Crippen LogP contribution in [0, 0.1) is 11.3 Å². The summed E-state index contributed by atoms with van der Waals surface area (Å²) in [5.41, 5.74) is 25.7. The third-order valence-corrected chi connectivity index (χ3v) is 23.0. The van der Waals surface area contributed by atoms with Gasteiger partial charge in [0.1, 0.15) is 23.0 Å². The first-order chi connectivity index (χ1) is 53.9. The van der Waals surface area contributed by atoms with Crippen molar-refractivity contribution >= 4 is 0 Å². The number of ether oxygens (including phenoxy) is 2. The molecule has 3 aliphatic carbocycles. The van der Waals surface area contributed by atoms with Gasteiger partial charge < -0.3 is 9.47 Å². The number of aromatic nitrogens is 6. The number of hydrogen-bond acceptors (Lipinski definition) is 9. The molecule has 506 valence electrons. The summed E-state index contributed by atoms with van der Waals surface area (Å²) in [7, 11) is 0. The van der Waals surface area contributed by atoms with E-state index in [-0.39, 0.29) is 0 Å². The number of fused-ring (bicyclic) bond motifs is 17. The number of benzene rings is 15. The van der Waals surface area contributed by atoms with Crippen molar-refractivity contribution < 1.29 is 9.47 Å². The Bertz CT molecular complexity index is 6590. The molecule has 3 spiro atoms. The number of hydrogen-bond donors (Lipinski definition) is 0. The average Bonchev–Trinajstić information content (AvgIpc) is 1.65. The molecule has 2 aromatic heterocycles. The van der Waals surface area contributed by atoms with Crippen LogP contribution in [-0.4, -0.2) is 29.9 Å². The molecule has 0 saturated heterocycles. The number of nitriles is 1. The molecular formula is C100H59N7O2. The van der Waals surface area contributed by atoms with Gasteiger partial charge in [0.05, 0.1) is 27.9 Å². The summed E-state index contributed by atoms with van der Waals surface area (Å²) in [5.74, 6) is 6.78. The second-order valence-electron chi connectivity index (χ2n) is 28.6. The first-order valence-corrected chi connectivity index (χ1v) is 36.8. The van der Waals surface area contributed by atoms with Crippen molar-refractivity contribution in [2.24, 2.45) is 0 Å². The molecule has 22 rings (SSSR count). The molecule has 0 radical (unpaired) electrons. The second-order valence-corrected chi connectivity index (χ2v) is 28.6. The molecule has 9 heteroatoms. The van der Waals surface area contributed by atoms with Gasteiger partial charge in [-0.2, -0.15) is 5.26 Å². The minimum absolute atomic E-state index is 0.553. The van der Waals surface area contributed by atoms with E-state index in [0.29, 0.717) is 40.5 Å². The summed E-state index contributed by atoms with van der Waals surface area (Å²) in [6, 6.07) is 130. The van der Waals surface area contributed by atoms with Crippen molar-refractivity contribution in [1.82, 2.24) is 29.9 Å². The fourth-order valence-electron chi connectivity index (χ4n) is 18.3. The van der Waals surface area contributed by atoms with E-state index >= 15 is 0 Å². The maximum Gasteiger partial charge on any atom is 0.164 e. The van der Waals surface area contributed by atoms with Crippen LogP contribution in [0.1, 0.15) is 72.3 Å². The summed E-state index contributed by atoms with van der Waals surface area (Å²) in [6.07, 6.45) is 0. The van der Waals surface area contributed by atoms with Crippen molar-refractivity contribution in [2.75, 3.05) is 0 Å². The third kappa shape index (κ3) is 9.13. The van der Waals surface area contributed by atoms with Crippen LogP contribution < -0.4 is 9.47 Å². The van der Waals surface area contributed by atoms with Crippen LogP contribution in [0.4, 0.5) is 0 Å². The Morgan fingerprint density at radius 2 is 0.569 bits per heavy atom. The van der Waals surface area contributed by atoms with Gasteiger partial charge in [-0.3, -0.25) is 0 Å². The highest BCUT2D eigenvalue weighted by Gasteiger charge is 2.60. The molecule has 0 N–H and O–H groups in total. The van der Waals surface area contributed by atoms with Crippen LogP contribution in [-0.2, 0) is 16.2 Å². The van der Waals surface area contributed by atoms with Crippen molar-refractivity contribution in [3.05, 3.63) is 430 Å². The van der Waals surface area contributed by atoms with Crippen LogP contribution in [0.15, 0.2) is 358 Å². The lowest BCUT2D eigenvalue weighted by Gasteiger charge is -2.53. The SMILES string of the molecule is N#Cc1cccc(-c2cccc(-c3nc(-c4ccccc4)nc(-c4ccc(-c5ccc6c(c5)C57c8ccccc8Oc8ccc(cc85)C5(c8ccc-6c7c8)c6ccccc6C6(c7ccccc7Oc7c(-c8ccc(-c9nc(-c%10ccccc%10)nc(-c%10ccccc%10)n9)cc8)cccc76)c6ccccc65)cc4)n3)c2)c1. The molecular weight excluding hydrogens is 1330 g/mol. The molecule has 0 saturated carbocycles. The zero-order valence-electron chi connectivity index (χ0n) is 58.5. The van der Waals surface area contributed by atoms with Gasteiger partial charge in [0.15, 0.2) is 34.9 Å². The molecule has 5 aliphatic rings. The maximum atomic E-state index is 9.74. The van der Waals surface area contributed by atoms with Gasteiger partial charge in [-0.15, -0.1) is 0 Å². The Morgan fingerprint density at radius 3 is 1.13 bits per heavy atom. The third-order valence-electron chi connectivity index (χ3n) is 23.0. The predicted octanol–water partition coefficient (Wildman–Crippen LogP) is 22.9. The van der Waals surface area contributed by atoms with Crippen LogP contribution in [0.2, 0.25) is 0 Å². The zero-order chi connectivity index (χ0) is 71.9. The molecule has 1 atom stereocenters. The van der Waals surface area contributed by atoms with E-state index in [9.17, 15) is 5.26 Å². The molecule has 4 bridgehead atoms. The molecule has 4 heterocycles. The van der Waals surface area contributed by atoms with Gasteiger partial charge in [0.2, 0.25) is 0 Å². The number of nitrogens with zero attached hydrogens (tertiary/aromatic N) is 7. The van der Waals surface area contributed by atoms with Gasteiger partial charge in [-0.1, -0.05) is 309 Å². The molecule has 9 nitrogen and oxygen atoms in total. The van der Waals surface area contributed by atoms with E-state index in [1.807, 2.05) is 133 Å². The molecule has 1 unspecified atom stereocenters. The van der Waals surface area contributed by atoms with Gasteiger partial charge in [-0.05, 0) is 132 Å². The standard InChI is InChI=1S/C100H59N7O2/c101-60-61-21-18-28-69(55-61)70-29-19-30-72(56-70)97-106-94(66-26-8-3-9-27-66)105-96(107-97)67-45-41-62(42-46-67)71-49-52-76-77-53-50-73-58-86(77)100(85(76)57-71)82-36-14-16-39-88(82)108-90-54-51-74(59-87(90)100)98(73)78-32-10-12-34-80(78)99(81-35-13-11-33-79(81)98)83-37-15-17-40-89(83)109-91-75(31-20-38-84(91)99)63-43-47-68(48-44-63)95-103-92(64-22-4-1-5-23-64)102-93(104-95)65-24-6-2-7-25-65/h1-59H. The van der Waals surface area contributed by atoms with Crippen LogP contribution >= 0.6 is 0 Å². The minimum Gasteiger partial charge on any atom is -0.457 e. The van der Waals surface area contributed by atoms with Crippen LogP contribution in [0.3, 0.4) is 0 Å². The van der Waals surface area contributed by atoms with Gasteiger partial charge >= 0.3 is 0 Å². The maximum absolute atomic E-state index is 9.74. The Balaban J connectivity index is 0.676. The van der Waals surface area contributed by atoms with Gasteiger partial charge in [0.25, 0.3) is 0 Å². The van der Waals surface area contributed by atoms with E-state index in [4.69, 9.17) is 39.4 Å². The Kier molecular flexibility index (Phi) is 13.6. The summed E-state index contributed by atoms with van der Waals surface area (Å²) in [6.45, 7) is 0. The minimum atomic E-state index is -0.852. The van der Waals surface area contributed by atoms with E-state index < -0.39 is 16.2 Å². The van der Waals surface area contributed by atoms with Crippen molar-refractivity contribution in [1.29, 1.82) is 5.26 Å².